The van der Waals surface area contributed by atoms with Gasteiger partial charge < -0.3 is 9.47 Å². The number of halogens is 1. The first-order valence-electron chi connectivity index (χ1n) is 7.91. The van der Waals surface area contributed by atoms with E-state index in [2.05, 4.69) is 30.9 Å². The van der Waals surface area contributed by atoms with Crippen LogP contribution in [-0.2, 0) is 6.42 Å². The SMILES string of the molecule is CCCN(CCC)C1COc2cccc(OCC)c2C1.Cl. The standard InChI is InChI=1S/C17H27NO2.ClH/c1-4-10-18(11-5-2)14-12-15-16(19-6-3)8-7-9-17(15)20-13-14;/h7-9,14H,4-6,10-13H2,1-3H3;1H. The van der Waals surface area contributed by atoms with Gasteiger partial charge in [0, 0.05) is 11.6 Å². The van der Waals surface area contributed by atoms with Gasteiger partial charge in [-0.15, -0.1) is 12.4 Å². The summed E-state index contributed by atoms with van der Waals surface area (Å²) in [5, 5.41) is 0. The summed E-state index contributed by atoms with van der Waals surface area (Å²) < 4.78 is 11.7. The molecule has 2 rings (SSSR count). The van der Waals surface area contributed by atoms with Gasteiger partial charge in [-0.2, -0.15) is 0 Å². The van der Waals surface area contributed by atoms with Crippen molar-refractivity contribution in [3.05, 3.63) is 23.8 Å². The van der Waals surface area contributed by atoms with Crippen molar-refractivity contribution in [2.24, 2.45) is 0 Å². The Bertz CT molecular complexity index is 419. The Kier molecular flexibility index (Phi) is 7.91. The van der Waals surface area contributed by atoms with E-state index in [1.807, 2.05) is 13.0 Å². The summed E-state index contributed by atoms with van der Waals surface area (Å²) >= 11 is 0. The maximum absolute atomic E-state index is 5.98. The lowest BCUT2D eigenvalue weighted by molar-refractivity contribution is 0.117. The Labute approximate surface area is 135 Å². The zero-order valence-corrected chi connectivity index (χ0v) is 14.2. The molecule has 21 heavy (non-hydrogen) atoms. The Morgan fingerprint density at radius 2 is 1.90 bits per heavy atom. The minimum Gasteiger partial charge on any atom is -0.493 e. The summed E-state index contributed by atoms with van der Waals surface area (Å²) in [7, 11) is 0. The molecule has 4 heteroatoms. The second-order valence-electron chi connectivity index (χ2n) is 5.37. The minimum atomic E-state index is 0. The van der Waals surface area contributed by atoms with Gasteiger partial charge in [0.1, 0.15) is 18.1 Å². The van der Waals surface area contributed by atoms with Crippen LogP contribution in [0, 0.1) is 0 Å². The third kappa shape index (κ3) is 4.52. The van der Waals surface area contributed by atoms with Gasteiger partial charge in [-0.25, -0.2) is 0 Å². The molecule has 0 saturated carbocycles. The van der Waals surface area contributed by atoms with Crippen LogP contribution in [0.15, 0.2) is 18.2 Å². The molecule has 0 saturated heterocycles. The van der Waals surface area contributed by atoms with Crippen molar-refractivity contribution in [2.75, 3.05) is 26.3 Å². The van der Waals surface area contributed by atoms with Crippen LogP contribution < -0.4 is 9.47 Å². The lowest BCUT2D eigenvalue weighted by Crippen LogP contribution is -2.44. The first kappa shape index (κ1) is 18.1. The van der Waals surface area contributed by atoms with Crippen molar-refractivity contribution in [3.8, 4) is 11.5 Å². The highest BCUT2D eigenvalue weighted by molar-refractivity contribution is 5.85. The molecule has 1 aliphatic rings. The van der Waals surface area contributed by atoms with E-state index < -0.39 is 0 Å². The van der Waals surface area contributed by atoms with E-state index in [4.69, 9.17) is 9.47 Å². The molecule has 0 N–H and O–H groups in total. The Morgan fingerprint density at radius 1 is 1.19 bits per heavy atom. The molecule has 1 unspecified atom stereocenters. The van der Waals surface area contributed by atoms with Gasteiger partial charge in [0.05, 0.1) is 6.61 Å². The van der Waals surface area contributed by atoms with Crippen LogP contribution in [-0.4, -0.2) is 37.2 Å². The summed E-state index contributed by atoms with van der Waals surface area (Å²) in [6.07, 6.45) is 3.42. The van der Waals surface area contributed by atoms with Crippen molar-refractivity contribution < 1.29 is 9.47 Å². The van der Waals surface area contributed by atoms with E-state index in [1.54, 1.807) is 0 Å². The summed E-state index contributed by atoms with van der Waals surface area (Å²) in [6.45, 7) is 10.3. The van der Waals surface area contributed by atoms with Gasteiger partial charge in [-0.3, -0.25) is 4.90 Å². The number of fused-ring (bicyclic) bond motifs is 1. The predicted molar refractivity (Wildman–Crippen MR) is 90.0 cm³/mol. The van der Waals surface area contributed by atoms with Crippen LogP contribution in [0.2, 0.25) is 0 Å². The monoisotopic (exact) mass is 313 g/mol. The zero-order valence-electron chi connectivity index (χ0n) is 13.4. The van der Waals surface area contributed by atoms with E-state index in [9.17, 15) is 0 Å². The third-order valence-corrected chi connectivity index (χ3v) is 3.80. The van der Waals surface area contributed by atoms with Crippen molar-refractivity contribution in [1.29, 1.82) is 0 Å². The van der Waals surface area contributed by atoms with E-state index in [0.717, 1.165) is 37.6 Å². The molecule has 0 fully saturated rings. The summed E-state index contributed by atoms with van der Waals surface area (Å²) in [4.78, 5) is 2.56. The van der Waals surface area contributed by atoms with Crippen molar-refractivity contribution in [2.45, 2.75) is 46.1 Å². The molecule has 0 radical (unpaired) electrons. The molecule has 120 valence electrons. The Morgan fingerprint density at radius 3 is 2.52 bits per heavy atom. The lowest BCUT2D eigenvalue weighted by Gasteiger charge is -2.35. The first-order valence-corrected chi connectivity index (χ1v) is 7.91. The highest BCUT2D eigenvalue weighted by atomic mass is 35.5. The fourth-order valence-electron chi connectivity index (χ4n) is 2.94. The fraction of sp³-hybridized carbons (Fsp3) is 0.647. The molecule has 0 aliphatic carbocycles. The average Bonchev–Trinajstić information content (AvgIpc) is 2.47. The summed E-state index contributed by atoms with van der Waals surface area (Å²) in [6, 6.07) is 6.60. The lowest BCUT2D eigenvalue weighted by atomic mass is 10.00. The molecule has 0 amide bonds. The molecule has 0 aromatic heterocycles. The topological polar surface area (TPSA) is 21.7 Å². The van der Waals surface area contributed by atoms with Gasteiger partial charge in [0.25, 0.3) is 0 Å². The number of ether oxygens (including phenoxy) is 2. The highest BCUT2D eigenvalue weighted by Gasteiger charge is 2.26. The van der Waals surface area contributed by atoms with E-state index in [0.29, 0.717) is 12.6 Å². The summed E-state index contributed by atoms with van der Waals surface area (Å²) in [5.74, 6) is 1.99. The van der Waals surface area contributed by atoms with Crippen LogP contribution >= 0.6 is 12.4 Å². The summed E-state index contributed by atoms with van der Waals surface area (Å²) in [5.41, 5.74) is 1.24. The normalized spacial score (nSPS) is 16.9. The molecule has 1 aromatic carbocycles. The number of hydrogen-bond acceptors (Lipinski definition) is 3. The molecule has 3 nitrogen and oxygen atoms in total. The van der Waals surface area contributed by atoms with Crippen LogP contribution in [0.3, 0.4) is 0 Å². The van der Waals surface area contributed by atoms with Crippen LogP contribution in [0.25, 0.3) is 0 Å². The maximum Gasteiger partial charge on any atom is 0.126 e. The molecular formula is C17H28ClNO2. The average molecular weight is 314 g/mol. The third-order valence-electron chi connectivity index (χ3n) is 3.80. The maximum atomic E-state index is 5.98. The first-order chi connectivity index (χ1) is 9.80. The van der Waals surface area contributed by atoms with Gasteiger partial charge in [-0.05, 0) is 51.4 Å². The van der Waals surface area contributed by atoms with Crippen molar-refractivity contribution >= 4 is 12.4 Å². The van der Waals surface area contributed by atoms with Gasteiger partial charge in [0.2, 0.25) is 0 Å². The van der Waals surface area contributed by atoms with E-state index in [1.165, 1.54) is 18.4 Å². The molecule has 1 aliphatic heterocycles. The van der Waals surface area contributed by atoms with Crippen LogP contribution in [0.1, 0.15) is 39.2 Å². The van der Waals surface area contributed by atoms with Crippen molar-refractivity contribution in [3.63, 3.8) is 0 Å². The zero-order chi connectivity index (χ0) is 14.4. The van der Waals surface area contributed by atoms with Gasteiger partial charge >= 0.3 is 0 Å². The van der Waals surface area contributed by atoms with Crippen LogP contribution in [0.5, 0.6) is 11.5 Å². The second-order valence-corrected chi connectivity index (χ2v) is 5.37. The van der Waals surface area contributed by atoms with E-state index in [-0.39, 0.29) is 12.4 Å². The predicted octanol–water partition coefficient (Wildman–Crippen LogP) is 3.93. The smallest absolute Gasteiger partial charge is 0.126 e. The molecule has 0 bridgehead atoms. The van der Waals surface area contributed by atoms with Crippen LogP contribution in [0.4, 0.5) is 0 Å². The largest absolute Gasteiger partial charge is 0.493 e. The highest BCUT2D eigenvalue weighted by Crippen LogP contribution is 2.34. The molecule has 1 atom stereocenters. The number of nitrogens with zero attached hydrogens (tertiary/aromatic N) is 1. The molecular weight excluding hydrogens is 286 g/mol. The number of benzene rings is 1. The number of rotatable bonds is 7. The second kappa shape index (κ2) is 9.16. The fourth-order valence-corrected chi connectivity index (χ4v) is 2.94. The molecule has 1 heterocycles. The quantitative estimate of drug-likeness (QED) is 0.761. The van der Waals surface area contributed by atoms with E-state index >= 15 is 0 Å². The number of hydrogen-bond donors (Lipinski definition) is 0. The molecule has 1 aromatic rings. The van der Waals surface area contributed by atoms with Gasteiger partial charge in [0.15, 0.2) is 0 Å². The minimum absolute atomic E-state index is 0. The molecule has 0 spiro atoms. The van der Waals surface area contributed by atoms with Gasteiger partial charge in [-0.1, -0.05) is 19.9 Å². The Hall–Kier alpha value is -0.930. The van der Waals surface area contributed by atoms with Crippen molar-refractivity contribution in [1.82, 2.24) is 4.90 Å². The Balaban J connectivity index is 0.00000220.